The lowest BCUT2D eigenvalue weighted by molar-refractivity contribution is 0.800. The van der Waals surface area contributed by atoms with Crippen molar-refractivity contribution < 1.29 is 0 Å². The third-order valence-corrected chi connectivity index (χ3v) is 3.09. The fourth-order valence-electron chi connectivity index (χ4n) is 1.92. The van der Waals surface area contributed by atoms with Crippen molar-refractivity contribution in [3.63, 3.8) is 0 Å². The van der Waals surface area contributed by atoms with E-state index in [1.54, 1.807) is 12.5 Å². The van der Waals surface area contributed by atoms with E-state index in [-0.39, 0.29) is 11.1 Å². The Morgan fingerprint density at radius 3 is 2.95 bits per heavy atom. The highest BCUT2D eigenvalue weighted by atomic mass is 35.5. The third-order valence-electron chi connectivity index (χ3n) is 2.92. The zero-order chi connectivity index (χ0) is 13.4. The van der Waals surface area contributed by atoms with Gasteiger partial charge in [-0.2, -0.15) is 9.97 Å². The first-order chi connectivity index (χ1) is 9.15. The van der Waals surface area contributed by atoms with E-state index in [0.29, 0.717) is 17.7 Å². The van der Waals surface area contributed by atoms with Crippen molar-refractivity contribution in [1.82, 2.24) is 24.5 Å². The van der Waals surface area contributed by atoms with Gasteiger partial charge < -0.3 is 10.3 Å². The number of aromatic nitrogens is 5. The zero-order valence-corrected chi connectivity index (χ0v) is 11.0. The van der Waals surface area contributed by atoms with Gasteiger partial charge in [-0.1, -0.05) is 6.07 Å². The van der Waals surface area contributed by atoms with Crippen molar-refractivity contribution in [2.45, 2.75) is 13.5 Å². The number of anilines is 1. The largest absolute Gasteiger partial charge is 0.382 e. The first-order valence-corrected chi connectivity index (χ1v) is 6.07. The van der Waals surface area contributed by atoms with E-state index in [9.17, 15) is 0 Å². The number of halogens is 1. The van der Waals surface area contributed by atoms with E-state index in [0.717, 1.165) is 11.3 Å². The predicted octanol–water partition coefficient (Wildman–Crippen LogP) is 1.81. The van der Waals surface area contributed by atoms with Crippen molar-refractivity contribution in [2.75, 3.05) is 5.73 Å². The number of rotatable bonds is 2. The Bertz CT molecular complexity index is 751. The first kappa shape index (κ1) is 11.9. The van der Waals surface area contributed by atoms with Crippen molar-refractivity contribution >= 4 is 28.6 Å². The molecule has 0 amide bonds. The molecule has 0 aliphatic rings. The van der Waals surface area contributed by atoms with Gasteiger partial charge in [-0.05, 0) is 30.2 Å². The SMILES string of the molecule is Cc1ncccc1Cn1cnc2c(N)nc(Cl)nc21. The topological polar surface area (TPSA) is 82.5 Å². The molecular formula is C12H11ClN6. The Balaban J connectivity index is 2.09. The fourth-order valence-corrected chi connectivity index (χ4v) is 2.09. The summed E-state index contributed by atoms with van der Waals surface area (Å²) in [5.41, 5.74) is 9.02. The average molecular weight is 275 g/mol. The maximum Gasteiger partial charge on any atom is 0.226 e. The molecule has 7 heteroatoms. The highest BCUT2D eigenvalue weighted by Gasteiger charge is 2.11. The molecule has 0 aliphatic heterocycles. The van der Waals surface area contributed by atoms with Gasteiger partial charge >= 0.3 is 0 Å². The zero-order valence-electron chi connectivity index (χ0n) is 10.2. The lowest BCUT2D eigenvalue weighted by Crippen LogP contribution is -2.03. The maximum absolute atomic E-state index is 5.83. The number of pyridine rings is 1. The normalized spacial score (nSPS) is 11.1. The number of hydrogen-bond donors (Lipinski definition) is 1. The number of imidazole rings is 1. The Kier molecular flexibility index (Phi) is 2.79. The monoisotopic (exact) mass is 274 g/mol. The van der Waals surface area contributed by atoms with Crippen LogP contribution in [0.2, 0.25) is 5.28 Å². The summed E-state index contributed by atoms with van der Waals surface area (Å²) in [6.07, 6.45) is 3.44. The Labute approximate surface area is 114 Å². The van der Waals surface area contributed by atoms with Crippen molar-refractivity contribution in [1.29, 1.82) is 0 Å². The Hall–Kier alpha value is -2.21. The van der Waals surface area contributed by atoms with Crippen molar-refractivity contribution in [2.24, 2.45) is 0 Å². The number of nitrogens with zero attached hydrogens (tertiary/aromatic N) is 5. The predicted molar refractivity (Wildman–Crippen MR) is 72.8 cm³/mol. The summed E-state index contributed by atoms with van der Waals surface area (Å²) >= 11 is 5.83. The van der Waals surface area contributed by atoms with Crippen LogP contribution in [0.5, 0.6) is 0 Å². The Morgan fingerprint density at radius 2 is 2.16 bits per heavy atom. The fraction of sp³-hybridized carbons (Fsp3) is 0.167. The minimum Gasteiger partial charge on any atom is -0.382 e. The molecular weight excluding hydrogens is 264 g/mol. The lowest BCUT2D eigenvalue weighted by atomic mass is 10.2. The second kappa shape index (κ2) is 4.47. The van der Waals surface area contributed by atoms with Crippen LogP contribution in [0, 0.1) is 6.92 Å². The van der Waals surface area contributed by atoms with E-state index < -0.39 is 0 Å². The highest BCUT2D eigenvalue weighted by molar-refractivity contribution is 6.28. The van der Waals surface area contributed by atoms with Gasteiger partial charge in [-0.3, -0.25) is 4.98 Å². The molecule has 0 aliphatic carbocycles. The molecule has 2 N–H and O–H groups in total. The van der Waals surface area contributed by atoms with Crippen LogP contribution in [0.25, 0.3) is 11.2 Å². The lowest BCUT2D eigenvalue weighted by Gasteiger charge is -2.06. The molecule has 3 rings (SSSR count). The van der Waals surface area contributed by atoms with Gasteiger partial charge in [0.25, 0.3) is 0 Å². The van der Waals surface area contributed by atoms with Crippen LogP contribution in [0.4, 0.5) is 5.82 Å². The van der Waals surface area contributed by atoms with Gasteiger partial charge in [0, 0.05) is 11.9 Å². The van der Waals surface area contributed by atoms with Crippen molar-refractivity contribution in [3.8, 4) is 0 Å². The summed E-state index contributed by atoms with van der Waals surface area (Å²) < 4.78 is 1.88. The molecule has 0 aromatic carbocycles. The summed E-state index contributed by atoms with van der Waals surface area (Å²) in [6.45, 7) is 2.58. The van der Waals surface area contributed by atoms with Gasteiger partial charge in [0.05, 0.1) is 12.9 Å². The summed E-state index contributed by atoms with van der Waals surface area (Å²) in [6, 6.07) is 3.91. The minimum absolute atomic E-state index is 0.120. The first-order valence-electron chi connectivity index (χ1n) is 5.69. The van der Waals surface area contributed by atoms with Gasteiger partial charge in [-0.25, -0.2) is 4.98 Å². The molecule has 0 fully saturated rings. The Morgan fingerprint density at radius 1 is 1.32 bits per heavy atom. The summed E-state index contributed by atoms with van der Waals surface area (Å²) in [5, 5.41) is 0.120. The number of hydrogen-bond acceptors (Lipinski definition) is 5. The molecule has 0 spiro atoms. The summed E-state index contributed by atoms with van der Waals surface area (Å²) in [5.74, 6) is 0.289. The van der Waals surface area contributed by atoms with Gasteiger partial charge in [0.15, 0.2) is 11.5 Å². The average Bonchev–Trinajstić information content (AvgIpc) is 2.76. The maximum atomic E-state index is 5.83. The van der Waals surface area contributed by atoms with Gasteiger partial charge in [0.1, 0.15) is 5.52 Å². The van der Waals surface area contributed by atoms with Crippen LogP contribution in [0.15, 0.2) is 24.7 Å². The van der Waals surface area contributed by atoms with E-state index in [2.05, 4.69) is 19.9 Å². The van der Waals surface area contributed by atoms with Gasteiger partial charge in [-0.15, -0.1) is 0 Å². The molecule has 0 radical (unpaired) electrons. The molecule has 0 saturated heterocycles. The molecule has 0 unspecified atom stereocenters. The van der Waals surface area contributed by atoms with Crippen LogP contribution >= 0.6 is 11.6 Å². The standard InChI is InChI=1S/C12H11ClN6/c1-7-8(3-2-4-15-7)5-19-6-16-9-10(14)17-12(13)18-11(9)19/h2-4,6H,5H2,1H3,(H2,14,17,18). The molecule has 3 heterocycles. The number of fused-ring (bicyclic) bond motifs is 1. The van der Waals surface area contributed by atoms with E-state index in [4.69, 9.17) is 17.3 Å². The molecule has 96 valence electrons. The second-order valence-corrected chi connectivity index (χ2v) is 4.51. The minimum atomic E-state index is 0.120. The molecule has 0 bridgehead atoms. The van der Waals surface area contributed by atoms with Crippen LogP contribution in [0.3, 0.4) is 0 Å². The molecule has 0 atom stereocenters. The molecule has 0 saturated carbocycles. The summed E-state index contributed by atoms with van der Waals surface area (Å²) in [7, 11) is 0. The molecule has 6 nitrogen and oxygen atoms in total. The van der Waals surface area contributed by atoms with Gasteiger partial charge in [0.2, 0.25) is 5.28 Å². The second-order valence-electron chi connectivity index (χ2n) is 4.17. The summed E-state index contributed by atoms with van der Waals surface area (Å²) in [4.78, 5) is 16.5. The molecule has 3 aromatic heterocycles. The van der Waals surface area contributed by atoms with E-state index in [1.807, 2.05) is 23.6 Å². The van der Waals surface area contributed by atoms with Crippen LogP contribution in [-0.2, 0) is 6.54 Å². The number of nitrogen functional groups attached to an aromatic ring is 1. The van der Waals surface area contributed by atoms with Crippen molar-refractivity contribution in [3.05, 3.63) is 41.2 Å². The number of aryl methyl sites for hydroxylation is 1. The van der Waals surface area contributed by atoms with E-state index >= 15 is 0 Å². The van der Waals surface area contributed by atoms with Crippen LogP contribution < -0.4 is 5.73 Å². The molecule has 19 heavy (non-hydrogen) atoms. The van der Waals surface area contributed by atoms with E-state index in [1.165, 1.54) is 0 Å². The highest BCUT2D eigenvalue weighted by Crippen LogP contribution is 2.19. The molecule has 3 aromatic rings. The smallest absolute Gasteiger partial charge is 0.226 e. The quantitative estimate of drug-likeness (QED) is 0.721. The third kappa shape index (κ3) is 2.10. The number of nitrogens with two attached hydrogens (primary N) is 1. The van der Waals surface area contributed by atoms with Crippen LogP contribution in [-0.4, -0.2) is 24.5 Å². The van der Waals surface area contributed by atoms with Crippen LogP contribution in [0.1, 0.15) is 11.3 Å².